The van der Waals surface area contributed by atoms with Gasteiger partial charge in [-0.1, -0.05) is 37.5 Å². The number of aliphatic carboxylic acids is 1. The highest BCUT2D eigenvalue weighted by atomic mass is 16.4. The quantitative estimate of drug-likeness (QED) is 0.877. The molecule has 1 atom stereocenters. The number of hydrogen-bond donors (Lipinski definition) is 2. The lowest BCUT2D eigenvalue weighted by Gasteiger charge is -2.33. The van der Waals surface area contributed by atoms with Crippen molar-refractivity contribution >= 4 is 22.8 Å². The molecule has 1 unspecified atom stereocenters. The summed E-state index contributed by atoms with van der Waals surface area (Å²) >= 11 is 0. The molecule has 0 bridgehead atoms. The van der Waals surface area contributed by atoms with E-state index in [0.29, 0.717) is 18.6 Å². The maximum Gasteiger partial charge on any atom is 0.311 e. The molecule has 128 valence electrons. The zero-order valence-electron chi connectivity index (χ0n) is 13.9. The number of rotatable bonds is 5. The molecule has 2 N–H and O–H groups in total. The lowest BCUT2D eigenvalue weighted by Crippen LogP contribution is -2.45. The van der Waals surface area contributed by atoms with E-state index < -0.39 is 17.3 Å². The Hall–Kier alpha value is -2.30. The molecular weight excluding hydrogens is 306 g/mol. The molecule has 0 saturated heterocycles. The van der Waals surface area contributed by atoms with Crippen LogP contribution >= 0.6 is 0 Å². The van der Waals surface area contributed by atoms with Crippen molar-refractivity contribution in [2.75, 3.05) is 6.54 Å². The van der Waals surface area contributed by atoms with Gasteiger partial charge >= 0.3 is 5.97 Å². The van der Waals surface area contributed by atoms with Gasteiger partial charge in [-0.05, 0) is 31.9 Å². The van der Waals surface area contributed by atoms with Crippen LogP contribution in [0, 0.1) is 5.41 Å². The van der Waals surface area contributed by atoms with Crippen molar-refractivity contribution in [3.8, 4) is 0 Å². The monoisotopic (exact) mass is 329 g/mol. The van der Waals surface area contributed by atoms with Crippen LogP contribution in [0.25, 0.3) is 11.0 Å². The number of nitrogens with one attached hydrogen (secondary N) is 1. The van der Waals surface area contributed by atoms with Gasteiger partial charge in [0.15, 0.2) is 0 Å². The molecule has 1 amide bonds. The summed E-state index contributed by atoms with van der Waals surface area (Å²) in [5.74, 6) is -0.854. The predicted octanol–water partition coefficient (Wildman–Crippen LogP) is 3.69. The van der Waals surface area contributed by atoms with E-state index in [4.69, 9.17) is 4.42 Å². The molecule has 3 rings (SSSR count). The Morgan fingerprint density at radius 2 is 1.96 bits per heavy atom. The van der Waals surface area contributed by atoms with Gasteiger partial charge in [0.05, 0.1) is 11.3 Å². The first kappa shape index (κ1) is 16.6. The van der Waals surface area contributed by atoms with Gasteiger partial charge in [0.2, 0.25) is 5.91 Å². The summed E-state index contributed by atoms with van der Waals surface area (Å²) in [4.78, 5) is 24.1. The Bertz CT molecular complexity index is 710. The van der Waals surface area contributed by atoms with E-state index in [1.165, 1.54) is 0 Å². The van der Waals surface area contributed by atoms with E-state index in [0.717, 1.165) is 30.2 Å². The Morgan fingerprint density at radius 3 is 2.62 bits per heavy atom. The molecule has 1 heterocycles. The number of para-hydroxylation sites is 1. The number of carbonyl (C=O) groups excluding carboxylic acids is 1. The summed E-state index contributed by atoms with van der Waals surface area (Å²) < 4.78 is 5.74. The first-order valence-electron chi connectivity index (χ1n) is 8.51. The van der Waals surface area contributed by atoms with E-state index >= 15 is 0 Å². The maximum atomic E-state index is 12.5. The zero-order chi connectivity index (χ0) is 17.2. The SMILES string of the molecule is CC(C(=O)NCC1(C(=O)O)CCCCC1)c1cc2ccccc2o1. The van der Waals surface area contributed by atoms with Crippen LogP contribution in [0.5, 0.6) is 0 Å². The van der Waals surface area contributed by atoms with Gasteiger partial charge in [-0.15, -0.1) is 0 Å². The average Bonchev–Trinajstić information content (AvgIpc) is 3.03. The third-order valence-corrected chi connectivity index (χ3v) is 5.13. The first-order valence-corrected chi connectivity index (χ1v) is 8.51. The van der Waals surface area contributed by atoms with Gasteiger partial charge in [-0.2, -0.15) is 0 Å². The molecule has 1 aromatic carbocycles. The molecule has 5 heteroatoms. The van der Waals surface area contributed by atoms with Crippen LogP contribution in [0.3, 0.4) is 0 Å². The molecule has 0 radical (unpaired) electrons. The highest BCUT2D eigenvalue weighted by Gasteiger charge is 2.40. The molecule has 1 fully saturated rings. The van der Waals surface area contributed by atoms with Crippen molar-refractivity contribution in [3.05, 3.63) is 36.1 Å². The summed E-state index contributed by atoms with van der Waals surface area (Å²) in [5, 5.41) is 13.4. The predicted molar refractivity (Wildman–Crippen MR) is 90.8 cm³/mol. The number of carbonyl (C=O) groups is 2. The van der Waals surface area contributed by atoms with Gasteiger partial charge in [0.1, 0.15) is 11.3 Å². The number of amides is 1. The Kier molecular flexibility index (Phi) is 4.60. The summed E-state index contributed by atoms with van der Waals surface area (Å²) in [6.45, 7) is 1.97. The number of fused-ring (bicyclic) bond motifs is 1. The molecule has 1 saturated carbocycles. The smallest absolute Gasteiger partial charge is 0.311 e. The van der Waals surface area contributed by atoms with Gasteiger partial charge < -0.3 is 14.8 Å². The molecule has 2 aromatic rings. The fraction of sp³-hybridized carbons (Fsp3) is 0.474. The second kappa shape index (κ2) is 6.67. The van der Waals surface area contributed by atoms with Crippen LogP contribution in [0.2, 0.25) is 0 Å². The minimum absolute atomic E-state index is 0.186. The van der Waals surface area contributed by atoms with Crippen molar-refractivity contribution in [1.82, 2.24) is 5.32 Å². The summed E-state index contributed by atoms with van der Waals surface area (Å²) in [6, 6.07) is 9.48. The standard InChI is InChI=1S/C19H23NO4/c1-13(16-11-14-7-3-4-8-15(14)24-16)17(21)20-12-19(18(22)23)9-5-2-6-10-19/h3-4,7-8,11,13H,2,5-6,9-10,12H2,1H3,(H,20,21)(H,22,23). The molecule has 0 spiro atoms. The Labute approximate surface area is 141 Å². The normalized spacial score (nSPS) is 18.2. The van der Waals surface area contributed by atoms with Crippen molar-refractivity contribution < 1.29 is 19.1 Å². The number of benzene rings is 1. The second-order valence-corrected chi connectivity index (χ2v) is 6.77. The number of furan rings is 1. The summed E-state index contributed by atoms with van der Waals surface area (Å²) in [6.07, 6.45) is 4.13. The van der Waals surface area contributed by atoms with Crippen LogP contribution in [0.15, 0.2) is 34.7 Å². The summed E-state index contributed by atoms with van der Waals surface area (Å²) in [7, 11) is 0. The topological polar surface area (TPSA) is 79.5 Å². The largest absolute Gasteiger partial charge is 0.481 e. The van der Waals surface area contributed by atoms with E-state index in [9.17, 15) is 14.7 Å². The number of hydrogen-bond acceptors (Lipinski definition) is 3. The third kappa shape index (κ3) is 3.16. The van der Waals surface area contributed by atoms with Gasteiger partial charge in [0.25, 0.3) is 0 Å². The third-order valence-electron chi connectivity index (χ3n) is 5.13. The molecule has 0 aliphatic heterocycles. The molecule has 1 aliphatic carbocycles. The van der Waals surface area contributed by atoms with E-state index in [2.05, 4.69) is 5.32 Å². The van der Waals surface area contributed by atoms with Crippen LogP contribution in [0.1, 0.15) is 50.7 Å². The van der Waals surface area contributed by atoms with Crippen LogP contribution < -0.4 is 5.32 Å². The Morgan fingerprint density at radius 1 is 1.25 bits per heavy atom. The number of carboxylic acid groups (broad SMARTS) is 1. The van der Waals surface area contributed by atoms with Crippen molar-refractivity contribution in [2.24, 2.45) is 5.41 Å². The van der Waals surface area contributed by atoms with Crippen molar-refractivity contribution in [2.45, 2.75) is 44.9 Å². The highest BCUT2D eigenvalue weighted by molar-refractivity contribution is 5.86. The molecular formula is C19H23NO4. The number of carboxylic acids is 1. The van der Waals surface area contributed by atoms with Gasteiger partial charge in [-0.3, -0.25) is 9.59 Å². The maximum absolute atomic E-state index is 12.5. The van der Waals surface area contributed by atoms with E-state index in [1.807, 2.05) is 30.3 Å². The minimum Gasteiger partial charge on any atom is -0.481 e. The second-order valence-electron chi connectivity index (χ2n) is 6.77. The van der Waals surface area contributed by atoms with E-state index in [1.54, 1.807) is 6.92 Å². The lowest BCUT2D eigenvalue weighted by molar-refractivity contribution is -0.151. The molecule has 1 aromatic heterocycles. The van der Waals surface area contributed by atoms with Gasteiger partial charge in [-0.25, -0.2) is 0 Å². The van der Waals surface area contributed by atoms with Crippen molar-refractivity contribution in [1.29, 1.82) is 0 Å². The van der Waals surface area contributed by atoms with Crippen molar-refractivity contribution in [3.63, 3.8) is 0 Å². The van der Waals surface area contributed by atoms with Crippen LogP contribution in [-0.4, -0.2) is 23.5 Å². The van der Waals surface area contributed by atoms with Crippen LogP contribution in [-0.2, 0) is 9.59 Å². The minimum atomic E-state index is -0.818. The summed E-state index contributed by atoms with van der Waals surface area (Å²) in [5.41, 5.74) is -0.0666. The lowest BCUT2D eigenvalue weighted by atomic mass is 9.74. The van der Waals surface area contributed by atoms with E-state index in [-0.39, 0.29) is 12.5 Å². The van der Waals surface area contributed by atoms with Gasteiger partial charge in [0, 0.05) is 11.9 Å². The molecule has 1 aliphatic rings. The van der Waals surface area contributed by atoms with Crippen LogP contribution in [0.4, 0.5) is 0 Å². The first-order chi connectivity index (χ1) is 11.5. The average molecular weight is 329 g/mol. The Balaban J connectivity index is 1.68. The fourth-order valence-electron chi connectivity index (χ4n) is 3.45. The zero-order valence-corrected chi connectivity index (χ0v) is 13.9. The molecule has 5 nitrogen and oxygen atoms in total. The molecule has 24 heavy (non-hydrogen) atoms. The highest BCUT2D eigenvalue weighted by Crippen LogP contribution is 2.36. The fourth-order valence-corrected chi connectivity index (χ4v) is 3.45.